The van der Waals surface area contributed by atoms with E-state index in [4.69, 9.17) is 11.6 Å². The predicted molar refractivity (Wildman–Crippen MR) is 37.9 cm³/mol. The molecule has 54 valence electrons. The van der Waals surface area contributed by atoms with Crippen molar-refractivity contribution in [2.45, 2.75) is 19.3 Å². The van der Waals surface area contributed by atoms with Gasteiger partial charge in [-0.15, -0.1) is 5.10 Å². The maximum atomic E-state index is 5.53. The van der Waals surface area contributed by atoms with Crippen molar-refractivity contribution in [3.8, 4) is 0 Å². The van der Waals surface area contributed by atoms with Crippen LogP contribution in [0.15, 0.2) is 0 Å². The first kappa shape index (κ1) is 6.16. The molecule has 4 heteroatoms. The molecule has 3 nitrogen and oxygen atoms in total. The third-order valence-corrected chi connectivity index (χ3v) is 2.11. The zero-order chi connectivity index (χ0) is 7.14. The number of aromatic nitrogens is 3. The lowest BCUT2D eigenvalue weighted by molar-refractivity contribution is 0.848. The van der Waals surface area contributed by atoms with Gasteiger partial charge < -0.3 is 0 Å². The first-order chi connectivity index (χ1) is 4.77. The Morgan fingerprint density at radius 2 is 2.40 bits per heavy atom. The van der Waals surface area contributed by atoms with E-state index in [0.29, 0.717) is 11.2 Å². The van der Waals surface area contributed by atoms with Crippen LogP contribution in [-0.2, 0) is 0 Å². The molecule has 0 aliphatic heterocycles. The molecule has 0 saturated heterocycles. The average Bonchev–Trinajstić information content (AvgIpc) is 2.42. The van der Waals surface area contributed by atoms with Crippen molar-refractivity contribution in [2.75, 3.05) is 0 Å². The van der Waals surface area contributed by atoms with E-state index in [1.807, 2.05) is 0 Å². The molecule has 2 rings (SSSR count). The summed E-state index contributed by atoms with van der Waals surface area (Å²) in [6, 6.07) is 0. The Hall–Kier alpha value is -0.570. The summed E-state index contributed by atoms with van der Waals surface area (Å²) >= 11 is 5.53. The Kier molecular flexibility index (Phi) is 1.20. The van der Waals surface area contributed by atoms with Crippen molar-refractivity contribution in [3.05, 3.63) is 11.1 Å². The fraction of sp³-hybridized carbons (Fsp3) is 0.667. The Morgan fingerprint density at radius 3 is 2.80 bits per heavy atom. The predicted octanol–water partition coefficient (Wildman–Crippen LogP) is 1.58. The van der Waals surface area contributed by atoms with Crippen LogP contribution < -0.4 is 0 Å². The number of halogens is 1. The highest BCUT2D eigenvalue weighted by molar-refractivity contribution is 6.28. The lowest BCUT2D eigenvalue weighted by atomic mass is 10.3. The van der Waals surface area contributed by atoms with Gasteiger partial charge in [-0.1, -0.05) is 6.92 Å². The lowest BCUT2D eigenvalue weighted by Crippen LogP contribution is -1.83. The first-order valence-corrected chi connectivity index (χ1v) is 3.73. The molecule has 10 heavy (non-hydrogen) atoms. The van der Waals surface area contributed by atoms with Crippen molar-refractivity contribution in [3.63, 3.8) is 0 Å². The largest absolute Gasteiger partial charge is 0.262 e. The molecule has 0 spiro atoms. The van der Waals surface area contributed by atoms with Gasteiger partial charge in [-0.25, -0.2) is 4.98 Å². The molecule has 1 N–H and O–H groups in total. The topological polar surface area (TPSA) is 41.6 Å². The molecule has 0 radical (unpaired) electrons. The Bertz CT molecular complexity index is 245. The number of hydrogen-bond donors (Lipinski definition) is 1. The summed E-state index contributed by atoms with van der Waals surface area (Å²) in [6.07, 6.45) is 1.21. The molecule has 1 aromatic heterocycles. The smallest absolute Gasteiger partial charge is 0.242 e. The summed E-state index contributed by atoms with van der Waals surface area (Å²) in [6.45, 7) is 2.20. The molecule has 0 aromatic carbocycles. The minimum atomic E-state index is 0.328. The van der Waals surface area contributed by atoms with E-state index in [1.54, 1.807) is 0 Å². The fourth-order valence-electron chi connectivity index (χ4n) is 1.12. The van der Waals surface area contributed by atoms with Crippen LogP contribution in [0.4, 0.5) is 0 Å². The number of H-pyrrole nitrogens is 1. The SMILES string of the molecule is CC1CC1c1nc(Cl)n[nH]1. The van der Waals surface area contributed by atoms with Crippen LogP contribution in [0, 0.1) is 5.92 Å². The Balaban J connectivity index is 2.20. The summed E-state index contributed by atoms with van der Waals surface area (Å²) in [7, 11) is 0. The van der Waals surface area contributed by atoms with Gasteiger partial charge in [-0.2, -0.15) is 0 Å². The molecule has 0 amide bonds. The second-order valence-electron chi connectivity index (χ2n) is 2.81. The van der Waals surface area contributed by atoms with Crippen LogP contribution in [0.2, 0.25) is 5.28 Å². The van der Waals surface area contributed by atoms with Crippen molar-refractivity contribution >= 4 is 11.6 Å². The van der Waals surface area contributed by atoms with E-state index in [0.717, 1.165) is 11.7 Å². The molecule has 1 saturated carbocycles. The Morgan fingerprint density at radius 1 is 1.70 bits per heavy atom. The van der Waals surface area contributed by atoms with Gasteiger partial charge in [-0.05, 0) is 23.9 Å². The molecular weight excluding hydrogens is 150 g/mol. The second kappa shape index (κ2) is 1.95. The summed E-state index contributed by atoms with van der Waals surface area (Å²) < 4.78 is 0. The van der Waals surface area contributed by atoms with Gasteiger partial charge in [0.15, 0.2) is 0 Å². The van der Waals surface area contributed by atoms with Crippen LogP contribution in [0.1, 0.15) is 25.1 Å². The van der Waals surface area contributed by atoms with E-state index in [1.165, 1.54) is 6.42 Å². The minimum Gasteiger partial charge on any atom is -0.262 e. The molecule has 1 aromatic rings. The van der Waals surface area contributed by atoms with Crippen molar-refractivity contribution in [2.24, 2.45) is 5.92 Å². The quantitative estimate of drug-likeness (QED) is 0.673. The monoisotopic (exact) mass is 157 g/mol. The van der Waals surface area contributed by atoms with Gasteiger partial charge in [0.2, 0.25) is 5.28 Å². The van der Waals surface area contributed by atoms with Gasteiger partial charge in [0, 0.05) is 5.92 Å². The minimum absolute atomic E-state index is 0.328. The van der Waals surface area contributed by atoms with E-state index in [9.17, 15) is 0 Å². The summed E-state index contributed by atoms with van der Waals surface area (Å²) in [5, 5.41) is 6.87. The van der Waals surface area contributed by atoms with Gasteiger partial charge in [-0.3, -0.25) is 5.10 Å². The molecule has 2 unspecified atom stereocenters. The van der Waals surface area contributed by atoms with Crippen LogP contribution >= 0.6 is 11.6 Å². The number of hydrogen-bond acceptors (Lipinski definition) is 2. The highest BCUT2D eigenvalue weighted by atomic mass is 35.5. The molecule has 0 bridgehead atoms. The zero-order valence-electron chi connectivity index (χ0n) is 5.63. The Labute approximate surface area is 63.8 Å². The molecular formula is C6H8ClN3. The summed E-state index contributed by atoms with van der Waals surface area (Å²) in [4.78, 5) is 4.02. The molecule has 1 aliphatic carbocycles. The van der Waals surface area contributed by atoms with Crippen molar-refractivity contribution in [1.29, 1.82) is 0 Å². The highest BCUT2D eigenvalue weighted by Gasteiger charge is 2.36. The molecule has 1 fully saturated rings. The van der Waals surface area contributed by atoms with Crippen molar-refractivity contribution in [1.82, 2.24) is 15.2 Å². The maximum Gasteiger partial charge on any atom is 0.242 e. The van der Waals surface area contributed by atoms with E-state index in [2.05, 4.69) is 22.1 Å². The molecule has 2 atom stereocenters. The van der Waals surface area contributed by atoms with Gasteiger partial charge in [0.1, 0.15) is 5.82 Å². The van der Waals surface area contributed by atoms with Gasteiger partial charge in [0.25, 0.3) is 0 Å². The van der Waals surface area contributed by atoms with Gasteiger partial charge in [0.05, 0.1) is 0 Å². The van der Waals surface area contributed by atoms with E-state index >= 15 is 0 Å². The van der Waals surface area contributed by atoms with E-state index < -0.39 is 0 Å². The van der Waals surface area contributed by atoms with Crippen LogP contribution in [0.25, 0.3) is 0 Å². The third-order valence-electron chi connectivity index (χ3n) is 1.94. The van der Waals surface area contributed by atoms with Crippen molar-refractivity contribution < 1.29 is 0 Å². The van der Waals surface area contributed by atoms with Crippen LogP contribution in [0.5, 0.6) is 0 Å². The normalized spacial score (nSPS) is 30.6. The lowest BCUT2D eigenvalue weighted by Gasteiger charge is -1.84. The summed E-state index contributed by atoms with van der Waals surface area (Å²) in [5.74, 6) is 2.28. The fourth-order valence-corrected chi connectivity index (χ4v) is 1.26. The molecule has 1 aliphatic rings. The first-order valence-electron chi connectivity index (χ1n) is 3.35. The summed E-state index contributed by atoms with van der Waals surface area (Å²) in [5.41, 5.74) is 0. The number of aromatic amines is 1. The molecule has 1 heterocycles. The van der Waals surface area contributed by atoms with Gasteiger partial charge >= 0.3 is 0 Å². The van der Waals surface area contributed by atoms with Crippen LogP contribution in [-0.4, -0.2) is 15.2 Å². The second-order valence-corrected chi connectivity index (χ2v) is 3.15. The van der Waals surface area contributed by atoms with E-state index in [-0.39, 0.29) is 0 Å². The van der Waals surface area contributed by atoms with Crippen LogP contribution in [0.3, 0.4) is 0 Å². The number of nitrogens with one attached hydrogen (secondary N) is 1. The number of rotatable bonds is 1. The average molecular weight is 158 g/mol. The third kappa shape index (κ3) is 0.904. The number of nitrogens with zero attached hydrogens (tertiary/aromatic N) is 2. The zero-order valence-corrected chi connectivity index (χ0v) is 6.39. The highest BCUT2D eigenvalue weighted by Crippen LogP contribution is 2.45. The maximum absolute atomic E-state index is 5.53. The standard InChI is InChI=1S/C6H8ClN3/c1-3-2-4(3)5-8-6(7)10-9-5/h3-4H,2H2,1H3,(H,8,9,10).